The molecule has 4 aromatic rings. The summed E-state index contributed by atoms with van der Waals surface area (Å²) in [6, 6.07) is 6.18. The summed E-state index contributed by atoms with van der Waals surface area (Å²) in [5, 5.41) is 13.4. The first kappa shape index (κ1) is 34.0. The lowest BCUT2D eigenvalue weighted by atomic mass is 9.90. The SMILES string of the molecule is CC(C(=O)O)c1c(-c2cc(Nc3cnc(N4CCN(C5COC5)C[C@@H]4C)cn3)c(=O)n(C)c2)ccnc1N1CCn2c(cc3c2CC(C)(C)C3)C1=O. The maximum atomic E-state index is 14.1. The number of rotatable bonds is 8. The number of anilines is 4. The van der Waals surface area contributed by atoms with Crippen LogP contribution in [-0.2, 0) is 36.0 Å². The van der Waals surface area contributed by atoms with Crippen LogP contribution < -0.4 is 20.7 Å². The van der Waals surface area contributed by atoms with Crippen LogP contribution >= 0.6 is 0 Å². The predicted molar refractivity (Wildman–Crippen MR) is 197 cm³/mol. The van der Waals surface area contributed by atoms with Crippen LogP contribution in [0.3, 0.4) is 0 Å². The third kappa shape index (κ3) is 5.93. The molecule has 4 aliphatic rings. The Labute approximate surface area is 302 Å². The fraction of sp³-hybridized carbons (Fsp3) is 0.474. The lowest BCUT2D eigenvalue weighted by molar-refractivity contribution is -0.138. The summed E-state index contributed by atoms with van der Waals surface area (Å²) in [6.45, 7) is 13.5. The molecule has 14 heteroatoms. The highest BCUT2D eigenvalue weighted by molar-refractivity contribution is 6.07. The predicted octanol–water partition coefficient (Wildman–Crippen LogP) is 3.67. The van der Waals surface area contributed by atoms with Gasteiger partial charge in [-0.1, -0.05) is 13.8 Å². The fourth-order valence-electron chi connectivity index (χ4n) is 8.30. The second-order valence-electron chi connectivity index (χ2n) is 15.5. The molecule has 3 aliphatic heterocycles. The maximum absolute atomic E-state index is 14.1. The molecule has 52 heavy (non-hydrogen) atoms. The van der Waals surface area contributed by atoms with Crippen LogP contribution in [0.25, 0.3) is 11.1 Å². The van der Waals surface area contributed by atoms with Crippen molar-refractivity contribution in [2.75, 3.05) is 54.5 Å². The van der Waals surface area contributed by atoms with Crippen molar-refractivity contribution in [3.8, 4) is 11.1 Å². The van der Waals surface area contributed by atoms with Gasteiger partial charge in [-0.15, -0.1) is 0 Å². The van der Waals surface area contributed by atoms with E-state index in [1.165, 1.54) is 15.8 Å². The van der Waals surface area contributed by atoms with Crippen molar-refractivity contribution in [1.29, 1.82) is 0 Å². The van der Waals surface area contributed by atoms with Crippen LogP contribution in [0.5, 0.6) is 0 Å². The quantitative estimate of drug-likeness (QED) is 0.276. The largest absolute Gasteiger partial charge is 0.481 e. The molecule has 0 aromatic carbocycles. The van der Waals surface area contributed by atoms with E-state index in [0.717, 1.165) is 51.5 Å². The highest BCUT2D eigenvalue weighted by Crippen LogP contribution is 2.41. The van der Waals surface area contributed by atoms with Gasteiger partial charge in [-0.05, 0) is 61.4 Å². The van der Waals surface area contributed by atoms with Crippen LogP contribution in [0, 0.1) is 5.41 Å². The van der Waals surface area contributed by atoms with Gasteiger partial charge in [-0.2, -0.15) is 0 Å². The lowest BCUT2D eigenvalue weighted by Crippen LogP contribution is -2.59. The van der Waals surface area contributed by atoms with Gasteiger partial charge in [0, 0.05) is 75.0 Å². The lowest BCUT2D eigenvalue weighted by Gasteiger charge is -2.46. The fourth-order valence-corrected chi connectivity index (χ4v) is 8.30. The van der Waals surface area contributed by atoms with E-state index in [0.29, 0.717) is 53.2 Å². The molecular formula is C38H45N9O5. The number of nitrogens with zero attached hydrogens (tertiary/aromatic N) is 8. The number of carbonyl (C=O) groups excluding carboxylic acids is 1. The van der Waals surface area contributed by atoms with Crippen LogP contribution in [0.2, 0.25) is 0 Å². The van der Waals surface area contributed by atoms with Gasteiger partial charge in [0.25, 0.3) is 11.5 Å². The van der Waals surface area contributed by atoms with Gasteiger partial charge in [0.05, 0.1) is 37.6 Å². The molecule has 4 aromatic heterocycles. The average Bonchev–Trinajstić information content (AvgIpc) is 3.58. The molecule has 272 valence electrons. The number of pyridine rings is 2. The third-order valence-electron chi connectivity index (χ3n) is 11.1. The van der Waals surface area contributed by atoms with E-state index in [1.807, 2.05) is 6.07 Å². The van der Waals surface area contributed by atoms with Crippen LogP contribution in [0.1, 0.15) is 60.9 Å². The molecule has 7 heterocycles. The van der Waals surface area contributed by atoms with Crippen molar-refractivity contribution >= 4 is 35.0 Å². The number of carboxylic acid groups (broad SMARTS) is 1. The minimum atomic E-state index is -1.05. The van der Waals surface area contributed by atoms with Crippen LogP contribution in [0.15, 0.2) is 47.8 Å². The number of ether oxygens (including phenoxy) is 1. The number of nitrogens with one attached hydrogen (secondary N) is 1. The minimum Gasteiger partial charge on any atom is -0.481 e. The standard InChI is InChI=1S/C38H45N9O5/c1-22-18-44(26-20-52-21-26)8-9-45(22)32-17-40-31(16-41-32)42-28-12-25(19-43(5)35(28)48)27-6-7-39-34(33(27)23(2)37(50)51)47-11-10-46-29(36(47)49)13-24-14-38(3,4)15-30(24)46/h6-7,12-13,16-17,19,22-23,26H,8-11,14-15,18,20-21H2,1-5H3,(H,40,42)(H,50,51)/t22-,23?/m0/s1. The summed E-state index contributed by atoms with van der Waals surface area (Å²) < 4.78 is 8.95. The molecule has 1 unspecified atom stereocenters. The van der Waals surface area contributed by atoms with Crippen molar-refractivity contribution in [2.45, 2.75) is 65.1 Å². The molecule has 0 radical (unpaired) electrons. The van der Waals surface area contributed by atoms with Crippen LogP contribution in [-0.4, -0.2) is 97.4 Å². The first-order valence-corrected chi connectivity index (χ1v) is 18.0. The van der Waals surface area contributed by atoms with Crippen molar-refractivity contribution in [3.05, 3.63) is 75.9 Å². The molecule has 2 saturated heterocycles. The topological polar surface area (TPSA) is 151 Å². The number of piperazine rings is 1. The van der Waals surface area contributed by atoms with Gasteiger partial charge in [0.1, 0.15) is 28.8 Å². The van der Waals surface area contributed by atoms with E-state index < -0.39 is 11.9 Å². The van der Waals surface area contributed by atoms with Crippen molar-refractivity contribution in [1.82, 2.24) is 29.0 Å². The van der Waals surface area contributed by atoms with E-state index in [4.69, 9.17) is 4.74 Å². The Hall–Kier alpha value is -5.08. The second kappa shape index (κ2) is 12.8. The highest BCUT2D eigenvalue weighted by atomic mass is 16.5. The summed E-state index contributed by atoms with van der Waals surface area (Å²) in [6.07, 6.45) is 8.44. The summed E-state index contributed by atoms with van der Waals surface area (Å²) in [5.74, 6) is -0.751. The Balaban J connectivity index is 1.08. The molecule has 1 amide bonds. The molecule has 8 rings (SSSR count). The minimum absolute atomic E-state index is 0.159. The van der Waals surface area contributed by atoms with Crippen LogP contribution in [0.4, 0.5) is 23.1 Å². The Morgan fingerprint density at radius 2 is 1.87 bits per heavy atom. The second-order valence-corrected chi connectivity index (χ2v) is 15.5. The van der Waals surface area contributed by atoms with Gasteiger partial charge >= 0.3 is 5.97 Å². The van der Waals surface area contributed by atoms with Crippen molar-refractivity contribution in [3.63, 3.8) is 0 Å². The number of carbonyl (C=O) groups is 2. The summed E-state index contributed by atoms with van der Waals surface area (Å²) >= 11 is 0. The Morgan fingerprint density at radius 3 is 2.56 bits per heavy atom. The zero-order valence-electron chi connectivity index (χ0n) is 30.3. The van der Waals surface area contributed by atoms with Crippen molar-refractivity contribution < 1.29 is 19.4 Å². The Bertz CT molecular complexity index is 2120. The number of hydrogen-bond donors (Lipinski definition) is 2. The van der Waals surface area contributed by atoms with Gasteiger partial charge in [-0.3, -0.25) is 24.2 Å². The molecule has 2 N–H and O–H groups in total. The van der Waals surface area contributed by atoms with Gasteiger partial charge in [0.15, 0.2) is 0 Å². The van der Waals surface area contributed by atoms with Gasteiger partial charge in [-0.25, -0.2) is 15.0 Å². The smallest absolute Gasteiger partial charge is 0.310 e. The zero-order valence-corrected chi connectivity index (χ0v) is 30.3. The third-order valence-corrected chi connectivity index (χ3v) is 11.1. The molecule has 0 bridgehead atoms. The van der Waals surface area contributed by atoms with E-state index in [1.54, 1.807) is 55.8 Å². The molecule has 1 aliphatic carbocycles. The van der Waals surface area contributed by atoms with E-state index in [9.17, 15) is 19.5 Å². The number of amides is 1. The molecule has 2 atom stereocenters. The zero-order chi connectivity index (χ0) is 36.5. The molecule has 0 spiro atoms. The molecular weight excluding hydrogens is 662 g/mol. The Morgan fingerprint density at radius 1 is 1.06 bits per heavy atom. The summed E-state index contributed by atoms with van der Waals surface area (Å²) in [7, 11) is 1.65. The average molecular weight is 708 g/mol. The maximum Gasteiger partial charge on any atom is 0.310 e. The number of aryl methyl sites for hydroxylation is 1. The number of aromatic nitrogens is 5. The summed E-state index contributed by atoms with van der Waals surface area (Å²) in [4.78, 5) is 60.3. The number of aliphatic carboxylic acids is 1. The molecule has 2 fully saturated rings. The molecule has 0 saturated carbocycles. The van der Waals surface area contributed by atoms with E-state index in [-0.39, 0.29) is 28.6 Å². The van der Waals surface area contributed by atoms with Crippen molar-refractivity contribution in [2.24, 2.45) is 12.5 Å². The first-order chi connectivity index (χ1) is 24.9. The molecule has 14 nitrogen and oxygen atoms in total. The van der Waals surface area contributed by atoms with E-state index in [2.05, 4.69) is 55.4 Å². The number of fused-ring (bicyclic) bond motifs is 3. The normalized spacial score (nSPS) is 20.7. The summed E-state index contributed by atoms with van der Waals surface area (Å²) in [5.41, 5.74) is 4.72. The van der Waals surface area contributed by atoms with Gasteiger partial charge in [0.2, 0.25) is 0 Å². The monoisotopic (exact) mass is 707 g/mol. The number of hydrogen-bond acceptors (Lipinski definition) is 10. The highest BCUT2D eigenvalue weighted by Gasteiger charge is 2.39. The van der Waals surface area contributed by atoms with E-state index >= 15 is 0 Å². The first-order valence-electron chi connectivity index (χ1n) is 18.0. The van der Waals surface area contributed by atoms with Gasteiger partial charge < -0.3 is 29.2 Å². The number of carboxylic acids is 1. The Kier molecular flexibility index (Phi) is 8.41.